The Morgan fingerprint density at radius 1 is 1.29 bits per heavy atom. The topological polar surface area (TPSA) is 42.2 Å². The van der Waals surface area contributed by atoms with Crippen molar-refractivity contribution in [2.45, 2.75) is 20.4 Å². The third-order valence-electron chi connectivity index (χ3n) is 2.88. The molecule has 0 fully saturated rings. The molecule has 4 heteroatoms. The zero-order valence-electron chi connectivity index (χ0n) is 10.4. The van der Waals surface area contributed by atoms with Crippen molar-refractivity contribution in [2.24, 2.45) is 5.73 Å². The molecule has 0 spiro atoms. The summed E-state index contributed by atoms with van der Waals surface area (Å²) in [7, 11) is 2.03. The van der Waals surface area contributed by atoms with Crippen LogP contribution in [0.5, 0.6) is 0 Å². The van der Waals surface area contributed by atoms with Crippen molar-refractivity contribution in [1.82, 2.24) is 4.98 Å². The Hall–Kier alpha value is -1.39. The molecule has 0 saturated carbocycles. The van der Waals surface area contributed by atoms with Crippen molar-refractivity contribution in [3.8, 4) is 0 Å². The fraction of sp³-hybridized carbons (Fsp3) is 0.308. The number of aromatic nitrogens is 1. The predicted octanol–water partition coefficient (Wildman–Crippen LogP) is 2.99. The van der Waals surface area contributed by atoms with Crippen LogP contribution in [0, 0.1) is 13.8 Å². The Bertz CT molecular complexity index is 500. The van der Waals surface area contributed by atoms with Gasteiger partial charge in [0, 0.05) is 24.2 Å². The molecule has 2 N–H and O–H groups in total. The number of hydrogen-bond donors (Lipinski definition) is 1. The molecule has 2 aromatic rings. The van der Waals surface area contributed by atoms with E-state index in [0.717, 1.165) is 22.1 Å². The summed E-state index contributed by atoms with van der Waals surface area (Å²) in [5.41, 5.74) is 9.12. The minimum Gasteiger partial charge on any atom is -0.326 e. The number of aryl methyl sites for hydroxylation is 2. The lowest BCUT2D eigenvalue weighted by atomic mass is 10.1. The maximum absolute atomic E-state index is 5.76. The van der Waals surface area contributed by atoms with Crippen molar-refractivity contribution in [3.05, 3.63) is 40.4 Å². The molecule has 1 aromatic heterocycles. The Morgan fingerprint density at radius 3 is 2.59 bits per heavy atom. The molecule has 3 nitrogen and oxygen atoms in total. The van der Waals surface area contributed by atoms with Gasteiger partial charge in [0.1, 0.15) is 0 Å². The van der Waals surface area contributed by atoms with Crippen molar-refractivity contribution in [2.75, 3.05) is 11.9 Å². The Labute approximate surface area is 106 Å². The average molecular weight is 247 g/mol. The summed E-state index contributed by atoms with van der Waals surface area (Å²) in [5, 5.41) is 1.01. The first-order valence-electron chi connectivity index (χ1n) is 5.59. The van der Waals surface area contributed by atoms with Gasteiger partial charge in [-0.1, -0.05) is 18.2 Å². The van der Waals surface area contributed by atoms with E-state index in [1.165, 1.54) is 4.88 Å². The highest BCUT2D eigenvalue weighted by atomic mass is 32.1. The monoisotopic (exact) mass is 247 g/mol. The van der Waals surface area contributed by atoms with Crippen LogP contribution < -0.4 is 10.6 Å². The van der Waals surface area contributed by atoms with Gasteiger partial charge in [-0.15, -0.1) is 11.3 Å². The summed E-state index contributed by atoms with van der Waals surface area (Å²) in [6.07, 6.45) is 0. The minimum absolute atomic E-state index is 0.545. The molecule has 1 heterocycles. The van der Waals surface area contributed by atoms with Gasteiger partial charge in [0.2, 0.25) is 0 Å². The van der Waals surface area contributed by atoms with Gasteiger partial charge in [-0.2, -0.15) is 0 Å². The number of anilines is 2. The first-order valence-corrected chi connectivity index (χ1v) is 6.41. The van der Waals surface area contributed by atoms with Crippen LogP contribution in [0.25, 0.3) is 0 Å². The standard InChI is InChI=1S/C13H17N3S/c1-9-10(2)17-13(15-9)16(3)12-7-5-4-6-11(12)8-14/h4-7H,8,14H2,1-3H3. The Morgan fingerprint density at radius 2 is 2.00 bits per heavy atom. The first-order chi connectivity index (χ1) is 8.13. The summed E-state index contributed by atoms with van der Waals surface area (Å²) >= 11 is 1.71. The molecule has 0 bridgehead atoms. The molecule has 90 valence electrons. The van der Waals surface area contributed by atoms with E-state index in [9.17, 15) is 0 Å². The van der Waals surface area contributed by atoms with E-state index < -0.39 is 0 Å². The SMILES string of the molecule is Cc1nc(N(C)c2ccccc2CN)sc1C. The lowest BCUT2D eigenvalue weighted by molar-refractivity contribution is 1.04. The van der Waals surface area contributed by atoms with Crippen LogP contribution in [-0.2, 0) is 6.54 Å². The van der Waals surface area contributed by atoms with Crippen LogP contribution in [0.3, 0.4) is 0 Å². The quantitative estimate of drug-likeness (QED) is 0.906. The van der Waals surface area contributed by atoms with Crippen molar-refractivity contribution in [3.63, 3.8) is 0 Å². The van der Waals surface area contributed by atoms with Gasteiger partial charge in [0.05, 0.1) is 5.69 Å². The van der Waals surface area contributed by atoms with Crippen LogP contribution in [-0.4, -0.2) is 12.0 Å². The highest BCUT2D eigenvalue weighted by Gasteiger charge is 2.12. The van der Waals surface area contributed by atoms with Crippen LogP contribution >= 0.6 is 11.3 Å². The van der Waals surface area contributed by atoms with Crippen molar-refractivity contribution < 1.29 is 0 Å². The summed E-state index contributed by atoms with van der Waals surface area (Å²) in [6, 6.07) is 8.17. The van der Waals surface area contributed by atoms with Crippen LogP contribution in [0.1, 0.15) is 16.1 Å². The van der Waals surface area contributed by atoms with Crippen LogP contribution in [0.4, 0.5) is 10.8 Å². The van der Waals surface area contributed by atoms with Gasteiger partial charge in [0.15, 0.2) is 5.13 Å². The second kappa shape index (κ2) is 4.85. The predicted molar refractivity (Wildman–Crippen MR) is 74.0 cm³/mol. The number of hydrogen-bond acceptors (Lipinski definition) is 4. The third-order valence-corrected chi connectivity index (χ3v) is 4.03. The largest absolute Gasteiger partial charge is 0.326 e. The number of nitrogens with zero attached hydrogens (tertiary/aromatic N) is 2. The fourth-order valence-corrected chi connectivity index (χ4v) is 2.60. The summed E-state index contributed by atoms with van der Waals surface area (Å²) in [5.74, 6) is 0. The zero-order chi connectivity index (χ0) is 12.4. The van der Waals surface area contributed by atoms with E-state index in [1.807, 2.05) is 26.1 Å². The number of nitrogens with two attached hydrogens (primary N) is 1. The first kappa shape index (κ1) is 12.1. The van der Waals surface area contributed by atoms with E-state index in [1.54, 1.807) is 11.3 Å². The molecule has 0 atom stereocenters. The molecule has 17 heavy (non-hydrogen) atoms. The molecule has 2 rings (SSSR count). The molecule has 0 aliphatic heterocycles. The maximum atomic E-state index is 5.76. The molecule has 0 unspecified atom stereocenters. The van der Waals surface area contributed by atoms with E-state index in [4.69, 9.17) is 5.73 Å². The Balaban J connectivity index is 2.39. The summed E-state index contributed by atoms with van der Waals surface area (Å²) in [6.45, 7) is 4.68. The zero-order valence-corrected chi connectivity index (χ0v) is 11.2. The van der Waals surface area contributed by atoms with E-state index in [2.05, 4.69) is 28.9 Å². The highest BCUT2D eigenvalue weighted by Crippen LogP contribution is 2.31. The van der Waals surface area contributed by atoms with Crippen molar-refractivity contribution >= 4 is 22.2 Å². The molecule has 0 aliphatic carbocycles. The number of thiazole rings is 1. The van der Waals surface area contributed by atoms with Gasteiger partial charge < -0.3 is 10.6 Å². The molecule has 0 saturated heterocycles. The van der Waals surface area contributed by atoms with Gasteiger partial charge in [-0.25, -0.2) is 4.98 Å². The smallest absolute Gasteiger partial charge is 0.190 e. The molecule has 0 aliphatic rings. The second-order valence-corrected chi connectivity index (χ2v) is 5.21. The number of rotatable bonds is 3. The van der Waals surface area contributed by atoms with Crippen LogP contribution in [0.2, 0.25) is 0 Å². The molecule has 0 amide bonds. The summed E-state index contributed by atoms with van der Waals surface area (Å²) in [4.78, 5) is 7.93. The lowest BCUT2D eigenvalue weighted by Gasteiger charge is -2.19. The number of benzene rings is 1. The minimum atomic E-state index is 0.545. The molecular weight excluding hydrogens is 230 g/mol. The van der Waals surface area contributed by atoms with E-state index >= 15 is 0 Å². The maximum Gasteiger partial charge on any atom is 0.190 e. The normalized spacial score (nSPS) is 10.6. The van der Waals surface area contributed by atoms with Crippen molar-refractivity contribution in [1.29, 1.82) is 0 Å². The second-order valence-electron chi connectivity index (χ2n) is 4.03. The third kappa shape index (κ3) is 2.33. The summed E-state index contributed by atoms with van der Waals surface area (Å²) < 4.78 is 0. The number of para-hydroxylation sites is 1. The van der Waals surface area contributed by atoms with Gasteiger partial charge in [-0.3, -0.25) is 0 Å². The highest BCUT2D eigenvalue weighted by molar-refractivity contribution is 7.15. The fourth-order valence-electron chi connectivity index (χ4n) is 1.71. The van der Waals surface area contributed by atoms with E-state index in [0.29, 0.717) is 6.54 Å². The van der Waals surface area contributed by atoms with Gasteiger partial charge >= 0.3 is 0 Å². The molecular formula is C13H17N3S. The van der Waals surface area contributed by atoms with Crippen LogP contribution in [0.15, 0.2) is 24.3 Å². The van der Waals surface area contributed by atoms with Gasteiger partial charge in [0.25, 0.3) is 0 Å². The average Bonchev–Trinajstić information content (AvgIpc) is 2.68. The Kier molecular flexibility index (Phi) is 3.45. The molecule has 1 aromatic carbocycles. The molecule has 0 radical (unpaired) electrons. The van der Waals surface area contributed by atoms with E-state index in [-0.39, 0.29) is 0 Å². The lowest BCUT2D eigenvalue weighted by Crippen LogP contribution is -2.13. The van der Waals surface area contributed by atoms with Gasteiger partial charge in [-0.05, 0) is 25.5 Å².